The number of anilines is 1. The second-order valence-corrected chi connectivity index (χ2v) is 4.45. The molecule has 0 saturated heterocycles. The van der Waals surface area contributed by atoms with Crippen molar-refractivity contribution in [2.45, 2.75) is 0 Å². The molecule has 6 nitrogen and oxygen atoms in total. The van der Waals surface area contributed by atoms with Crippen LogP contribution in [-0.4, -0.2) is 24.9 Å². The third kappa shape index (κ3) is 1.58. The standard InChI is InChI=1S/C14H10N6/c15-14-19-11(12-13(20-14)18-7-17-12)9-5-8-3-1-2-4-10(8)16-6-9/h1-7H,(H3,15,17,18,19,20). The van der Waals surface area contributed by atoms with Crippen molar-refractivity contribution in [1.82, 2.24) is 24.9 Å². The number of nitrogen functional groups attached to an aromatic ring is 1. The van der Waals surface area contributed by atoms with Crippen LogP contribution in [-0.2, 0) is 0 Å². The van der Waals surface area contributed by atoms with Gasteiger partial charge in [-0.2, -0.15) is 4.98 Å². The number of nitrogens with one attached hydrogen (secondary N) is 1. The Morgan fingerprint density at radius 2 is 1.95 bits per heavy atom. The summed E-state index contributed by atoms with van der Waals surface area (Å²) >= 11 is 0. The first-order valence-corrected chi connectivity index (χ1v) is 6.13. The Labute approximate surface area is 113 Å². The normalized spacial score (nSPS) is 11.2. The number of H-pyrrole nitrogens is 1. The summed E-state index contributed by atoms with van der Waals surface area (Å²) in [5, 5.41) is 1.05. The molecule has 4 rings (SSSR count). The Morgan fingerprint density at radius 1 is 1.05 bits per heavy atom. The molecule has 0 amide bonds. The molecule has 6 heteroatoms. The number of benzene rings is 1. The van der Waals surface area contributed by atoms with Gasteiger partial charge in [-0.3, -0.25) is 4.98 Å². The molecule has 4 aromatic rings. The van der Waals surface area contributed by atoms with Gasteiger partial charge in [-0.15, -0.1) is 0 Å². The second-order valence-electron chi connectivity index (χ2n) is 4.45. The fourth-order valence-electron chi connectivity index (χ4n) is 2.26. The van der Waals surface area contributed by atoms with E-state index in [4.69, 9.17) is 5.73 Å². The summed E-state index contributed by atoms with van der Waals surface area (Å²) in [6.07, 6.45) is 3.36. The number of imidazole rings is 1. The molecule has 0 aliphatic heterocycles. The summed E-state index contributed by atoms with van der Waals surface area (Å²) < 4.78 is 0. The number of hydrogen-bond acceptors (Lipinski definition) is 5. The fraction of sp³-hybridized carbons (Fsp3) is 0. The molecule has 20 heavy (non-hydrogen) atoms. The minimum atomic E-state index is 0.202. The lowest BCUT2D eigenvalue weighted by molar-refractivity contribution is 1.21. The van der Waals surface area contributed by atoms with Crippen LogP contribution in [0.5, 0.6) is 0 Å². The number of aromatic nitrogens is 5. The van der Waals surface area contributed by atoms with Gasteiger partial charge in [0, 0.05) is 17.1 Å². The minimum Gasteiger partial charge on any atom is -0.368 e. The van der Waals surface area contributed by atoms with E-state index < -0.39 is 0 Å². The van der Waals surface area contributed by atoms with Gasteiger partial charge in [0.05, 0.1) is 11.8 Å². The number of fused-ring (bicyclic) bond motifs is 2. The van der Waals surface area contributed by atoms with Crippen LogP contribution in [0.1, 0.15) is 0 Å². The molecular formula is C14H10N6. The van der Waals surface area contributed by atoms with Gasteiger partial charge in [-0.1, -0.05) is 18.2 Å². The second kappa shape index (κ2) is 3.99. The van der Waals surface area contributed by atoms with Crippen molar-refractivity contribution in [3.8, 4) is 11.3 Å². The van der Waals surface area contributed by atoms with E-state index in [1.165, 1.54) is 0 Å². The van der Waals surface area contributed by atoms with Gasteiger partial charge in [0.1, 0.15) is 11.2 Å². The van der Waals surface area contributed by atoms with Crippen molar-refractivity contribution in [1.29, 1.82) is 0 Å². The quantitative estimate of drug-likeness (QED) is 0.548. The van der Waals surface area contributed by atoms with Crippen molar-refractivity contribution in [3.63, 3.8) is 0 Å². The van der Waals surface area contributed by atoms with Crippen molar-refractivity contribution >= 4 is 28.0 Å². The maximum atomic E-state index is 5.74. The Morgan fingerprint density at radius 3 is 2.90 bits per heavy atom. The maximum absolute atomic E-state index is 5.74. The van der Waals surface area contributed by atoms with E-state index in [9.17, 15) is 0 Å². The molecule has 1 aromatic carbocycles. The number of pyridine rings is 1. The minimum absolute atomic E-state index is 0.202. The molecule has 0 fully saturated rings. The van der Waals surface area contributed by atoms with Crippen LogP contribution < -0.4 is 5.73 Å². The molecule has 3 N–H and O–H groups in total. The van der Waals surface area contributed by atoms with Gasteiger partial charge >= 0.3 is 0 Å². The monoisotopic (exact) mass is 262 g/mol. The summed E-state index contributed by atoms with van der Waals surface area (Å²) in [4.78, 5) is 20.0. The van der Waals surface area contributed by atoms with Crippen LogP contribution in [0.3, 0.4) is 0 Å². The van der Waals surface area contributed by atoms with Crippen LogP contribution >= 0.6 is 0 Å². The Bertz CT molecular complexity index is 927. The van der Waals surface area contributed by atoms with E-state index in [1.54, 1.807) is 12.5 Å². The number of para-hydroxylation sites is 1. The highest BCUT2D eigenvalue weighted by atomic mass is 15.1. The molecule has 0 aliphatic rings. The van der Waals surface area contributed by atoms with Gasteiger partial charge in [-0.05, 0) is 12.1 Å². The lowest BCUT2D eigenvalue weighted by Crippen LogP contribution is -1.98. The zero-order valence-corrected chi connectivity index (χ0v) is 10.4. The van der Waals surface area contributed by atoms with Crippen LogP contribution in [0.4, 0.5) is 5.95 Å². The van der Waals surface area contributed by atoms with Crippen molar-refractivity contribution in [2.24, 2.45) is 0 Å². The first-order chi connectivity index (χ1) is 9.81. The first kappa shape index (κ1) is 10.9. The molecule has 3 heterocycles. The number of hydrogen-bond donors (Lipinski definition) is 2. The van der Waals surface area contributed by atoms with E-state index in [0.717, 1.165) is 22.0 Å². The molecule has 0 aliphatic carbocycles. The van der Waals surface area contributed by atoms with E-state index >= 15 is 0 Å². The van der Waals surface area contributed by atoms with Crippen molar-refractivity contribution in [3.05, 3.63) is 42.9 Å². The van der Waals surface area contributed by atoms with Crippen molar-refractivity contribution in [2.75, 3.05) is 5.73 Å². The molecule has 0 spiro atoms. The third-order valence-corrected chi connectivity index (χ3v) is 3.17. The zero-order valence-electron chi connectivity index (χ0n) is 10.4. The predicted molar refractivity (Wildman–Crippen MR) is 76.8 cm³/mol. The Hall–Kier alpha value is -3.02. The first-order valence-electron chi connectivity index (χ1n) is 6.13. The summed E-state index contributed by atoms with van der Waals surface area (Å²) in [6, 6.07) is 9.96. The highest BCUT2D eigenvalue weighted by Crippen LogP contribution is 2.26. The summed E-state index contributed by atoms with van der Waals surface area (Å²) in [5.41, 5.74) is 9.59. The summed E-state index contributed by atoms with van der Waals surface area (Å²) in [6.45, 7) is 0. The molecule has 96 valence electrons. The average molecular weight is 262 g/mol. The molecule has 3 aromatic heterocycles. The van der Waals surface area contributed by atoms with E-state index in [1.807, 2.05) is 30.3 Å². The molecule has 0 radical (unpaired) electrons. The van der Waals surface area contributed by atoms with E-state index in [-0.39, 0.29) is 5.95 Å². The van der Waals surface area contributed by atoms with Gasteiger partial charge in [0.15, 0.2) is 5.65 Å². The third-order valence-electron chi connectivity index (χ3n) is 3.17. The highest BCUT2D eigenvalue weighted by molar-refractivity contribution is 5.91. The van der Waals surface area contributed by atoms with Gasteiger partial charge in [0.2, 0.25) is 5.95 Å². The molecule has 0 unspecified atom stereocenters. The Balaban J connectivity index is 2.02. The van der Waals surface area contributed by atoms with Crippen molar-refractivity contribution < 1.29 is 0 Å². The Kier molecular flexibility index (Phi) is 2.17. The fourth-order valence-corrected chi connectivity index (χ4v) is 2.26. The van der Waals surface area contributed by atoms with Crippen LogP contribution in [0.2, 0.25) is 0 Å². The lowest BCUT2D eigenvalue weighted by atomic mass is 10.1. The highest BCUT2D eigenvalue weighted by Gasteiger charge is 2.11. The van der Waals surface area contributed by atoms with Crippen LogP contribution in [0, 0.1) is 0 Å². The smallest absolute Gasteiger partial charge is 0.222 e. The van der Waals surface area contributed by atoms with Gasteiger partial charge in [0.25, 0.3) is 0 Å². The largest absolute Gasteiger partial charge is 0.368 e. The number of rotatable bonds is 1. The molecule has 0 bridgehead atoms. The number of aromatic amines is 1. The zero-order chi connectivity index (χ0) is 13.5. The van der Waals surface area contributed by atoms with Crippen LogP contribution in [0.25, 0.3) is 33.3 Å². The molecular weight excluding hydrogens is 252 g/mol. The number of nitrogens with two attached hydrogens (primary N) is 1. The SMILES string of the molecule is Nc1nc(-c2cnc3ccccc3c2)c2[nH]cnc2n1. The topological polar surface area (TPSA) is 93.4 Å². The lowest BCUT2D eigenvalue weighted by Gasteiger charge is -2.04. The molecule has 0 saturated carbocycles. The predicted octanol–water partition coefficient (Wildman–Crippen LogP) is 2.15. The average Bonchev–Trinajstić information content (AvgIpc) is 2.94. The van der Waals surface area contributed by atoms with Crippen LogP contribution in [0.15, 0.2) is 42.9 Å². The van der Waals surface area contributed by atoms with E-state index in [2.05, 4.69) is 24.9 Å². The number of nitrogens with zero attached hydrogens (tertiary/aromatic N) is 4. The maximum Gasteiger partial charge on any atom is 0.222 e. The summed E-state index contributed by atoms with van der Waals surface area (Å²) in [5.74, 6) is 0.202. The summed E-state index contributed by atoms with van der Waals surface area (Å²) in [7, 11) is 0. The van der Waals surface area contributed by atoms with E-state index in [0.29, 0.717) is 11.3 Å². The van der Waals surface area contributed by atoms with Gasteiger partial charge in [-0.25, -0.2) is 9.97 Å². The van der Waals surface area contributed by atoms with Gasteiger partial charge < -0.3 is 10.7 Å². The molecule has 0 atom stereocenters.